The van der Waals surface area contributed by atoms with Gasteiger partial charge in [0.2, 0.25) is 0 Å². The maximum absolute atomic E-state index is 12.5. The molecule has 1 aromatic heterocycles. The summed E-state index contributed by atoms with van der Waals surface area (Å²) in [4.78, 5) is 12.5. The highest BCUT2D eigenvalue weighted by Crippen LogP contribution is 2.20. The summed E-state index contributed by atoms with van der Waals surface area (Å²) in [5, 5.41) is 0. The largest absolute Gasteiger partial charge is 0.324 e. The standard InChI is InChI=1S/C17H22N2O/c1-4-11-19-16(14-7-5-12(2)6-8-14)10-9-15(13(3)18)17(19)20/h5-10,13H,4,11,18H2,1-3H3. The predicted octanol–water partition coefficient (Wildman–Crippen LogP) is 3.25. The molecule has 0 aliphatic heterocycles. The van der Waals surface area contributed by atoms with Crippen molar-refractivity contribution in [2.75, 3.05) is 0 Å². The Balaban J connectivity index is 2.61. The third kappa shape index (κ3) is 2.83. The van der Waals surface area contributed by atoms with Crippen molar-refractivity contribution in [3.05, 3.63) is 57.9 Å². The topological polar surface area (TPSA) is 48.0 Å². The Labute approximate surface area is 120 Å². The molecule has 0 spiro atoms. The Morgan fingerprint density at radius 1 is 1.15 bits per heavy atom. The first-order valence-corrected chi connectivity index (χ1v) is 7.11. The van der Waals surface area contributed by atoms with E-state index < -0.39 is 0 Å². The lowest BCUT2D eigenvalue weighted by molar-refractivity contribution is 0.643. The average molecular weight is 270 g/mol. The van der Waals surface area contributed by atoms with Gasteiger partial charge in [0.25, 0.3) is 5.56 Å². The molecule has 20 heavy (non-hydrogen) atoms. The van der Waals surface area contributed by atoms with Crippen molar-refractivity contribution in [2.24, 2.45) is 5.73 Å². The average Bonchev–Trinajstić information content (AvgIpc) is 2.42. The van der Waals surface area contributed by atoms with Crippen molar-refractivity contribution in [3.8, 4) is 11.3 Å². The van der Waals surface area contributed by atoms with Gasteiger partial charge in [-0.25, -0.2) is 0 Å². The second-order valence-corrected chi connectivity index (χ2v) is 5.29. The van der Waals surface area contributed by atoms with E-state index in [9.17, 15) is 4.79 Å². The van der Waals surface area contributed by atoms with Crippen LogP contribution < -0.4 is 11.3 Å². The number of hydrogen-bond acceptors (Lipinski definition) is 2. The maximum atomic E-state index is 12.5. The number of hydrogen-bond donors (Lipinski definition) is 1. The van der Waals surface area contributed by atoms with E-state index in [2.05, 4.69) is 38.1 Å². The molecular weight excluding hydrogens is 248 g/mol. The second-order valence-electron chi connectivity index (χ2n) is 5.29. The molecule has 1 unspecified atom stereocenters. The molecular formula is C17H22N2O. The van der Waals surface area contributed by atoms with E-state index in [4.69, 9.17) is 5.73 Å². The number of rotatable bonds is 4. The molecule has 106 valence electrons. The molecule has 0 amide bonds. The molecule has 1 aromatic carbocycles. The molecule has 0 aliphatic rings. The van der Waals surface area contributed by atoms with Crippen LogP contribution in [0.25, 0.3) is 11.3 Å². The molecule has 0 fully saturated rings. The highest BCUT2D eigenvalue weighted by atomic mass is 16.1. The summed E-state index contributed by atoms with van der Waals surface area (Å²) in [7, 11) is 0. The van der Waals surface area contributed by atoms with Crippen molar-refractivity contribution in [1.82, 2.24) is 4.57 Å². The number of nitrogens with zero attached hydrogens (tertiary/aromatic N) is 1. The van der Waals surface area contributed by atoms with Crippen molar-refractivity contribution >= 4 is 0 Å². The van der Waals surface area contributed by atoms with Gasteiger partial charge in [-0.15, -0.1) is 0 Å². The highest BCUT2D eigenvalue weighted by molar-refractivity contribution is 5.60. The van der Waals surface area contributed by atoms with Crippen molar-refractivity contribution in [2.45, 2.75) is 39.8 Å². The Morgan fingerprint density at radius 2 is 1.80 bits per heavy atom. The number of nitrogens with two attached hydrogens (primary N) is 1. The maximum Gasteiger partial charge on any atom is 0.255 e. The first-order chi connectivity index (χ1) is 9.54. The van der Waals surface area contributed by atoms with E-state index in [1.165, 1.54) is 5.56 Å². The zero-order valence-electron chi connectivity index (χ0n) is 12.4. The van der Waals surface area contributed by atoms with Crippen molar-refractivity contribution < 1.29 is 0 Å². The smallest absolute Gasteiger partial charge is 0.255 e. The monoisotopic (exact) mass is 270 g/mol. The molecule has 1 heterocycles. The molecule has 0 aliphatic carbocycles. The summed E-state index contributed by atoms with van der Waals surface area (Å²) in [5.74, 6) is 0. The van der Waals surface area contributed by atoms with Crippen LogP contribution in [0, 0.1) is 6.92 Å². The number of benzene rings is 1. The van der Waals surface area contributed by atoms with E-state index in [1.807, 2.05) is 23.6 Å². The normalized spacial score (nSPS) is 12.4. The minimum Gasteiger partial charge on any atom is -0.324 e. The zero-order valence-corrected chi connectivity index (χ0v) is 12.4. The minimum atomic E-state index is -0.238. The molecule has 3 heteroatoms. The fourth-order valence-corrected chi connectivity index (χ4v) is 2.36. The third-order valence-electron chi connectivity index (χ3n) is 3.49. The number of aryl methyl sites for hydroxylation is 1. The van der Waals surface area contributed by atoms with Gasteiger partial charge in [0, 0.05) is 18.2 Å². The summed E-state index contributed by atoms with van der Waals surface area (Å²) in [6.45, 7) is 6.69. The van der Waals surface area contributed by atoms with Crippen LogP contribution in [-0.2, 0) is 6.54 Å². The van der Waals surface area contributed by atoms with Gasteiger partial charge >= 0.3 is 0 Å². The molecule has 2 aromatic rings. The van der Waals surface area contributed by atoms with Crippen LogP contribution in [-0.4, -0.2) is 4.57 Å². The Kier molecular flexibility index (Phi) is 4.40. The predicted molar refractivity (Wildman–Crippen MR) is 83.8 cm³/mol. The molecule has 0 saturated heterocycles. The van der Waals surface area contributed by atoms with Crippen LogP contribution in [0.1, 0.15) is 37.4 Å². The molecule has 0 saturated carbocycles. The molecule has 2 rings (SSSR count). The Bertz CT molecular complexity index is 639. The van der Waals surface area contributed by atoms with E-state index in [-0.39, 0.29) is 11.6 Å². The molecule has 0 radical (unpaired) electrons. The second kappa shape index (κ2) is 6.06. The SMILES string of the molecule is CCCn1c(-c2ccc(C)cc2)ccc(C(C)N)c1=O. The first kappa shape index (κ1) is 14.5. The minimum absolute atomic E-state index is 0.0277. The third-order valence-corrected chi connectivity index (χ3v) is 3.49. The summed E-state index contributed by atoms with van der Waals surface area (Å²) in [6, 6.07) is 11.9. The summed E-state index contributed by atoms with van der Waals surface area (Å²) < 4.78 is 1.84. The zero-order chi connectivity index (χ0) is 14.7. The van der Waals surface area contributed by atoms with Gasteiger partial charge in [0.05, 0.1) is 5.69 Å². The lowest BCUT2D eigenvalue weighted by Crippen LogP contribution is -2.28. The van der Waals surface area contributed by atoms with Crippen LogP contribution in [0.4, 0.5) is 0 Å². The van der Waals surface area contributed by atoms with Crippen LogP contribution in [0.3, 0.4) is 0 Å². The van der Waals surface area contributed by atoms with Crippen LogP contribution >= 0.6 is 0 Å². The van der Waals surface area contributed by atoms with Gasteiger partial charge in [-0.2, -0.15) is 0 Å². The van der Waals surface area contributed by atoms with Crippen LogP contribution in [0.15, 0.2) is 41.2 Å². The summed E-state index contributed by atoms with van der Waals surface area (Å²) in [6.07, 6.45) is 0.918. The van der Waals surface area contributed by atoms with Gasteiger partial charge in [-0.05, 0) is 38.0 Å². The van der Waals surface area contributed by atoms with Gasteiger partial charge in [-0.3, -0.25) is 4.79 Å². The van der Waals surface area contributed by atoms with E-state index in [1.54, 1.807) is 0 Å². The van der Waals surface area contributed by atoms with Gasteiger partial charge < -0.3 is 10.3 Å². The Hall–Kier alpha value is -1.87. The molecule has 2 N–H and O–H groups in total. The van der Waals surface area contributed by atoms with Gasteiger partial charge in [-0.1, -0.05) is 36.8 Å². The van der Waals surface area contributed by atoms with Crippen LogP contribution in [0.5, 0.6) is 0 Å². The summed E-state index contributed by atoms with van der Waals surface area (Å²) >= 11 is 0. The summed E-state index contributed by atoms with van der Waals surface area (Å²) in [5.41, 5.74) is 9.82. The van der Waals surface area contributed by atoms with Gasteiger partial charge in [0.1, 0.15) is 0 Å². The lowest BCUT2D eigenvalue weighted by Gasteiger charge is -2.15. The van der Waals surface area contributed by atoms with Crippen LogP contribution in [0.2, 0.25) is 0 Å². The fourth-order valence-electron chi connectivity index (χ4n) is 2.36. The van der Waals surface area contributed by atoms with Crippen molar-refractivity contribution in [3.63, 3.8) is 0 Å². The molecule has 1 atom stereocenters. The van der Waals surface area contributed by atoms with Crippen molar-refractivity contribution in [1.29, 1.82) is 0 Å². The highest BCUT2D eigenvalue weighted by Gasteiger charge is 2.12. The van der Waals surface area contributed by atoms with E-state index in [0.717, 1.165) is 17.7 Å². The quantitative estimate of drug-likeness (QED) is 0.927. The molecule has 3 nitrogen and oxygen atoms in total. The first-order valence-electron chi connectivity index (χ1n) is 7.11. The van der Waals surface area contributed by atoms with E-state index >= 15 is 0 Å². The lowest BCUT2D eigenvalue weighted by atomic mass is 10.1. The fraction of sp³-hybridized carbons (Fsp3) is 0.353. The number of pyridine rings is 1. The molecule has 0 bridgehead atoms. The van der Waals surface area contributed by atoms with E-state index in [0.29, 0.717) is 12.1 Å². The van der Waals surface area contributed by atoms with Gasteiger partial charge in [0.15, 0.2) is 0 Å². The number of aromatic nitrogens is 1. The Morgan fingerprint density at radius 3 is 2.35 bits per heavy atom.